The molecule has 0 bridgehead atoms. The van der Waals surface area contributed by atoms with Crippen molar-refractivity contribution in [1.82, 2.24) is 15.0 Å². The van der Waals surface area contributed by atoms with Gasteiger partial charge in [-0.1, -0.05) is 36.4 Å². The molecule has 6 N–H and O–H groups in total. The molecule has 9 rings (SSSR count). The summed E-state index contributed by atoms with van der Waals surface area (Å²) in [5.74, 6) is -9.47. The van der Waals surface area contributed by atoms with Gasteiger partial charge in [0.25, 0.3) is 0 Å². The third kappa shape index (κ3) is 16.3. The van der Waals surface area contributed by atoms with Gasteiger partial charge in [-0.05, 0) is 149 Å². The van der Waals surface area contributed by atoms with Gasteiger partial charge in [0.2, 0.25) is 0 Å². The maximum absolute atomic E-state index is 14.6. The number of aromatic carboxylic acids is 3. The number of pyridine rings is 3. The van der Waals surface area contributed by atoms with E-state index >= 15 is 0 Å². The van der Waals surface area contributed by atoms with Crippen molar-refractivity contribution in [3.63, 3.8) is 0 Å². The summed E-state index contributed by atoms with van der Waals surface area (Å²) >= 11 is 0. The van der Waals surface area contributed by atoms with E-state index < -0.39 is 82.0 Å². The van der Waals surface area contributed by atoms with Crippen molar-refractivity contribution in [3.8, 4) is 50.6 Å². The van der Waals surface area contributed by atoms with Crippen LogP contribution in [0.15, 0.2) is 164 Å². The van der Waals surface area contributed by atoms with Gasteiger partial charge < -0.3 is 45.5 Å². The third-order valence-corrected chi connectivity index (χ3v) is 11.3. The fourth-order valence-corrected chi connectivity index (χ4v) is 7.57. The topological polar surface area (TPSA) is 214 Å². The van der Waals surface area contributed by atoms with E-state index in [9.17, 15) is 53.9 Å². The summed E-state index contributed by atoms with van der Waals surface area (Å²) in [6, 6.07) is 32.7. The number of hydrogen-bond donors (Lipinski definition) is 6. The van der Waals surface area contributed by atoms with Gasteiger partial charge in [-0.3, -0.25) is 0 Å². The van der Waals surface area contributed by atoms with Crippen LogP contribution in [0, 0.1) is 34.9 Å². The van der Waals surface area contributed by atoms with Gasteiger partial charge in [-0.15, -0.1) is 13.2 Å². The van der Waals surface area contributed by atoms with E-state index in [0.717, 1.165) is 36.4 Å². The van der Waals surface area contributed by atoms with Crippen molar-refractivity contribution in [2.45, 2.75) is 13.3 Å². The molecule has 0 unspecified atom stereocenters. The number of halogens is 9. The molecule has 0 spiro atoms. The largest absolute Gasteiger partial charge is 0.573 e. The Bertz CT molecular complexity index is 3750. The Morgan fingerprint density at radius 1 is 0.446 bits per heavy atom. The molecule has 0 aliphatic carbocycles. The number of nitrogens with zero attached hydrogens (tertiary/aromatic N) is 3. The molecule has 0 aliphatic rings. The Labute approximate surface area is 477 Å². The second-order valence-corrected chi connectivity index (χ2v) is 16.7. The van der Waals surface area contributed by atoms with Gasteiger partial charge in [0.15, 0.2) is 0 Å². The first-order valence-electron chi connectivity index (χ1n) is 23.7. The van der Waals surface area contributed by atoms with Crippen molar-refractivity contribution in [2.75, 3.05) is 29.7 Å². The van der Waals surface area contributed by atoms with E-state index in [2.05, 4.69) is 35.6 Å². The number of carboxylic acids is 3. The summed E-state index contributed by atoms with van der Waals surface area (Å²) < 4.78 is 138. The van der Waals surface area contributed by atoms with Gasteiger partial charge in [0.05, 0.1) is 13.7 Å². The molecule has 0 atom stereocenters. The molecule has 15 nitrogen and oxygen atoms in total. The molecule has 83 heavy (non-hydrogen) atoms. The Morgan fingerprint density at radius 3 is 1.05 bits per heavy atom. The van der Waals surface area contributed by atoms with Gasteiger partial charge >= 0.3 is 24.3 Å². The van der Waals surface area contributed by atoms with Crippen LogP contribution < -0.4 is 30.2 Å². The standard InChI is InChI=1S/C20H16F2N2O3.C19H11F5N2O3.C19H14F2N2O3.Li/c1-2-27-14-6-3-5-12(9-14)13-10-16(21)18(17(22)11-13)24-19-15(20(25)26)7-4-8-23-19;20-14-8-11(10-3-1-4-12(7-10)29-19(22,23)24)9-15(21)16(14)26-17-13(18(27)28)5-2-6-25-17;1-26-13-5-2-4-11(8-13)12-9-15(20)17(16(21)10-12)23-18-14(19(24)25)6-3-7-22-18;/h3-11H,2H2,1H3,(H,23,24)(H,25,26);1-9H,(H,25,26)(H,27,28);2-10H,1H3,(H,22,23)(H,24,25);. The van der Waals surface area contributed by atoms with E-state index in [-0.39, 0.29) is 64.1 Å². The predicted octanol–water partition coefficient (Wildman–Crippen LogP) is 14.3. The molecule has 0 saturated heterocycles. The normalized spacial score (nSPS) is 10.6. The van der Waals surface area contributed by atoms with Crippen molar-refractivity contribution in [1.29, 1.82) is 0 Å². The van der Waals surface area contributed by atoms with E-state index in [1.165, 1.54) is 86.4 Å². The molecule has 25 heteroatoms. The van der Waals surface area contributed by atoms with Crippen LogP contribution >= 0.6 is 0 Å². The number of ether oxygens (including phenoxy) is 3. The number of methoxy groups -OCH3 is 1. The molecule has 0 fully saturated rings. The summed E-state index contributed by atoms with van der Waals surface area (Å²) in [7, 11) is 1.50. The van der Waals surface area contributed by atoms with Crippen LogP contribution in [0.3, 0.4) is 0 Å². The number of hydrogen-bond acceptors (Lipinski definition) is 12. The molecule has 3 heterocycles. The smallest absolute Gasteiger partial charge is 0.497 e. The Hall–Kier alpha value is -10.1. The quantitative estimate of drug-likeness (QED) is 0.0392. The monoisotopic (exact) mass is 1140 g/mol. The van der Waals surface area contributed by atoms with Crippen molar-refractivity contribution < 1.29 is 83.4 Å². The molecule has 0 amide bonds. The van der Waals surface area contributed by atoms with Crippen molar-refractivity contribution in [3.05, 3.63) is 216 Å². The zero-order valence-electron chi connectivity index (χ0n) is 43.3. The molecule has 6 aromatic carbocycles. The molecule has 3 aromatic heterocycles. The summed E-state index contributed by atoms with van der Waals surface area (Å²) in [6.45, 7) is 2.32. The molecular weight excluding hydrogens is 1100 g/mol. The van der Waals surface area contributed by atoms with Gasteiger partial charge in [0.1, 0.15) is 103 Å². The van der Waals surface area contributed by atoms with Crippen LogP contribution in [-0.2, 0) is 0 Å². The zero-order chi connectivity index (χ0) is 59.3. The van der Waals surface area contributed by atoms with Gasteiger partial charge in [-0.2, -0.15) is 0 Å². The second-order valence-electron chi connectivity index (χ2n) is 16.7. The Morgan fingerprint density at radius 2 is 0.747 bits per heavy atom. The number of alkyl halides is 3. The van der Waals surface area contributed by atoms with E-state index in [1.807, 2.05) is 6.92 Å². The van der Waals surface area contributed by atoms with Gasteiger partial charge in [0, 0.05) is 37.5 Å². The average Bonchev–Trinajstić information content (AvgIpc) is 3.62. The van der Waals surface area contributed by atoms with Crippen LogP contribution in [0.5, 0.6) is 17.2 Å². The number of aromatic nitrogens is 3. The van der Waals surface area contributed by atoms with Crippen LogP contribution in [0.1, 0.15) is 38.0 Å². The van der Waals surface area contributed by atoms with E-state index in [4.69, 9.17) is 24.8 Å². The fraction of sp³-hybridized carbons (Fsp3) is 0.0690. The summed E-state index contributed by atoms with van der Waals surface area (Å²) in [4.78, 5) is 45.1. The summed E-state index contributed by atoms with van der Waals surface area (Å²) in [5.41, 5.74) is -0.415. The summed E-state index contributed by atoms with van der Waals surface area (Å²) in [5, 5.41) is 34.6. The number of carbonyl (C=O) groups is 3. The van der Waals surface area contributed by atoms with Crippen molar-refractivity contribution >= 4 is 71.3 Å². The SMILES string of the molecule is CCOc1cccc(-c2cc(F)c(Nc3ncccc3C(=O)O)c(F)c2)c1.COc1cccc(-c2cc(F)c(Nc3ncccc3C(=O)O)c(F)c2)c1.O=C(O)c1cccnc1Nc1c(F)cc(-c2cccc(OC(F)(F)F)c2)cc1F.[Li]. The first-order valence-corrected chi connectivity index (χ1v) is 23.7. The number of carboxylic acid groups (broad SMARTS) is 3. The Balaban J connectivity index is 0.000000199. The van der Waals surface area contributed by atoms with Gasteiger partial charge in [-0.25, -0.2) is 55.7 Å². The molecule has 0 aliphatic heterocycles. The first kappa shape index (κ1) is 62.1. The fourth-order valence-electron chi connectivity index (χ4n) is 7.57. The molecule has 421 valence electrons. The predicted molar refractivity (Wildman–Crippen MR) is 289 cm³/mol. The molecule has 9 aromatic rings. The second kappa shape index (κ2) is 27.9. The average molecular weight is 1140 g/mol. The zero-order valence-corrected chi connectivity index (χ0v) is 43.3. The minimum Gasteiger partial charge on any atom is -0.497 e. The van der Waals surface area contributed by atoms with Crippen LogP contribution in [0.25, 0.3) is 33.4 Å². The van der Waals surface area contributed by atoms with Crippen molar-refractivity contribution in [2.24, 2.45) is 0 Å². The minimum atomic E-state index is -4.91. The van der Waals surface area contributed by atoms with Crippen LogP contribution in [0.2, 0.25) is 0 Å². The van der Waals surface area contributed by atoms with E-state index in [1.54, 1.807) is 48.5 Å². The minimum absolute atomic E-state index is 0. The maximum Gasteiger partial charge on any atom is 0.573 e. The number of nitrogens with one attached hydrogen (secondary N) is 3. The number of anilines is 6. The molecule has 1 radical (unpaired) electrons. The first-order chi connectivity index (χ1) is 39.1. The number of rotatable bonds is 16. The number of benzene rings is 6. The van der Waals surface area contributed by atoms with Crippen LogP contribution in [-0.4, -0.2) is 87.1 Å². The third-order valence-electron chi connectivity index (χ3n) is 11.3. The van der Waals surface area contributed by atoms with E-state index in [0.29, 0.717) is 40.4 Å². The Kier molecular flexibility index (Phi) is 20.9. The maximum atomic E-state index is 14.6. The van der Waals surface area contributed by atoms with Crippen LogP contribution in [0.4, 0.5) is 74.0 Å². The molecular formula is C58H41F9LiN6O9. The molecule has 0 saturated carbocycles. The summed E-state index contributed by atoms with van der Waals surface area (Å²) in [6.07, 6.45) is -1.01.